The Hall–Kier alpha value is -2.37. The van der Waals surface area contributed by atoms with Gasteiger partial charge in [0.2, 0.25) is 0 Å². The van der Waals surface area contributed by atoms with Crippen LogP contribution >= 0.6 is 0 Å². The summed E-state index contributed by atoms with van der Waals surface area (Å²) in [4.78, 5) is 41.4. The number of hydrogen-bond donors (Lipinski definition) is 0. The topological polar surface area (TPSA) is 66.9 Å². The van der Waals surface area contributed by atoms with E-state index in [-0.39, 0.29) is 29.9 Å². The van der Waals surface area contributed by atoms with Gasteiger partial charge in [0.1, 0.15) is 5.60 Å². The molecule has 150 valence electrons. The zero-order valence-corrected chi connectivity index (χ0v) is 16.8. The van der Waals surface area contributed by atoms with Crippen molar-refractivity contribution in [2.75, 3.05) is 13.1 Å². The van der Waals surface area contributed by atoms with Crippen molar-refractivity contribution in [3.05, 3.63) is 35.4 Å². The third kappa shape index (κ3) is 3.29. The first-order chi connectivity index (χ1) is 13.3. The molecule has 1 saturated carbocycles. The van der Waals surface area contributed by atoms with Crippen LogP contribution in [-0.4, -0.2) is 52.4 Å². The minimum Gasteiger partial charge on any atom is -0.444 e. The number of benzene rings is 1. The number of carbonyl (C=O) groups is 3. The molecule has 0 N–H and O–H groups in total. The molecule has 3 atom stereocenters. The molecule has 1 aromatic rings. The average Bonchev–Trinajstić information content (AvgIpc) is 2.84. The smallest absolute Gasteiger partial charge is 0.410 e. The maximum atomic E-state index is 12.8. The molecule has 0 radical (unpaired) electrons. The van der Waals surface area contributed by atoms with Crippen LogP contribution in [0.15, 0.2) is 24.3 Å². The molecule has 2 heterocycles. The molecule has 3 aliphatic rings. The Morgan fingerprint density at radius 1 is 1.04 bits per heavy atom. The molecule has 0 aromatic heterocycles. The van der Waals surface area contributed by atoms with E-state index in [1.54, 1.807) is 29.2 Å². The van der Waals surface area contributed by atoms with E-state index < -0.39 is 5.60 Å². The molecule has 3 amide bonds. The molecule has 1 aromatic carbocycles. The first-order valence-corrected chi connectivity index (χ1v) is 10.2. The van der Waals surface area contributed by atoms with Crippen molar-refractivity contribution >= 4 is 17.9 Å². The lowest BCUT2D eigenvalue weighted by Gasteiger charge is -2.50. The van der Waals surface area contributed by atoms with Gasteiger partial charge in [0.15, 0.2) is 0 Å². The summed E-state index contributed by atoms with van der Waals surface area (Å²) in [6.07, 6.45) is 3.34. The highest BCUT2D eigenvalue weighted by Gasteiger charge is 2.51. The van der Waals surface area contributed by atoms with Crippen LogP contribution in [-0.2, 0) is 4.74 Å². The molecule has 6 nitrogen and oxygen atoms in total. The monoisotopic (exact) mass is 384 g/mol. The predicted molar refractivity (Wildman–Crippen MR) is 104 cm³/mol. The molecular weight excluding hydrogens is 356 g/mol. The van der Waals surface area contributed by atoms with Crippen molar-refractivity contribution in [1.82, 2.24) is 9.80 Å². The zero-order valence-electron chi connectivity index (χ0n) is 16.8. The number of nitrogens with zero attached hydrogens (tertiary/aromatic N) is 2. The number of rotatable bonds is 1. The summed E-state index contributed by atoms with van der Waals surface area (Å²) >= 11 is 0. The van der Waals surface area contributed by atoms with Crippen LogP contribution in [0, 0.1) is 11.8 Å². The van der Waals surface area contributed by atoms with Gasteiger partial charge in [0, 0.05) is 19.1 Å². The van der Waals surface area contributed by atoms with Crippen LogP contribution in [0.25, 0.3) is 0 Å². The van der Waals surface area contributed by atoms with E-state index in [2.05, 4.69) is 0 Å². The van der Waals surface area contributed by atoms with Crippen molar-refractivity contribution in [1.29, 1.82) is 0 Å². The Kier molecular flexibility index (Phi) is 4.68. The van der Waals surface area contributed by atoms with Crippen molar-refractivity contribution in [2.24, 2.45) is 11.8 Å². The molecule has 2 aliphatic heterocycles. The van der Waals surface area contributed by atoms with E-state index in [1.165, 1.54) is 4.90 Å². The van der Waals surface area contributed by atoms with Gasteiger partial charge in [-0.25, -0.2) is 4.79 Å². The molecule has 1 saturated heterocycles. The zero-order chi connectivity index (χ0) is 20.1. The number of imide groups is 1. The maximum absolute atomic E-state index is 12.8. The first-order valence-electron chi connectivity index (χ1n) is 10.2. The van der Waals surface area contributed by atoms with E-state index in [4.69, 9.17) is 4.74 Å². The third-order valence-corrected chi connectivity index (χ3v) is 6.19. The minimum absolute atomic E-state index is 0.0593. The van der Waals surface area contributed by atoms with E-state index in [0.29, 0.717) is 30.1 Å². The second kappa shape index (κ2) is 6.90. The number of ether oxygens (including phenoxy) is 1. The number of amides is 3. The van der Waals surface area contributed by atoms with Crippen molar-refractivity contribution < 1.29 is 19.1 Å². The first kappa shape index (κ1) is 19.0. The second-order valence-electron chi connectivity index (χ2n) is 9.15. The average molecular weight is 384 g/mol. The highest BCUT2D eigenvalue weighted by Crippen LogP contribution is 2.46. The van der Waals surface area contributed by atoms with Gasteiger partial charge in [0.05, 0.1) is 11.1 Å². The van der Waals surface area contributed by atoms with Gasteiger partial charge in [0.25, 0.3) is 11.8 Å². The highest BCUT2D eigenvalue weighted by molar-refractivity contribution is 6.21. The summed E-state index contributed by atoms with van der Waals surface area (Å²) in [6, 6.07) is 7.00. The number of hydrogen-bond acceptors (Lipinski definition) is 4. The van der Waals surface area contributed by atoms with Crippen LogP contribution < -0.4 is 0 Å². The fraction of sp³-hybridized carbons (Fsp3) is 0.591. The van der Waals surface area contributed by atoms with Crippen LogP contribution in [0.3, 0.4) is 0 Å². The van der Waals surface area contributed by atoms with Crippen molar-refractivity contribution in [3.8, 4) is 0 Å². The molecule has 1 aliphatic carbocycles. The van der Waals surface area contributed by atoms with Crippen LogP contribution in [0.2, 0.25) is 0 Å². The number of likely N-dealkylation sites (tertiary alicyclic amines) is 1. The van der Waals surface area contributed by atoms with Crippen molar-refractivity contribution in [2.45, 2.75) is 58.1 Å². The van der Waals surface area contributed by atoms with Crippen LogP contribution in [0.5, 0.6) is 0 Å². The van der Waals surface area contributed by atoms with Gasteiger partial charge in [-0.15, -0.1) is 0 Å². The second-order valence-corrected chi connectivity index (χ2v) is 9.15. The maximum Gasteiger partial charge on any atom is 0.410 e. The van der Waals surface area contributed by atoms with E-state index in [9.17, 15) is 14.4 Å². The quantitative estimate of drug-likeness (QED) is 0.693. The lowest BCUT2D eigenvalue weighted by Crippen LogP contribution is -2.56. The Bertz CT molecular complexity index is 778. The third-order valence-electron chi connectivity index (χ3n) is 6.19. The van der Waals surface area contributed by atoms with E-state index in [1.807, 2.05) is 20.8 Å². The summed E-state index contributed by atoms with van der Waals surface area (Å²) in [5, 5.41) is 0. The van der Waals surface area contributed by atoms with Gasteiger partial charge < -0.3 is 9.64 Å². The molecule has 0 bridgehead atoms. The Morgan fingerprint density at radius 3 is 2.29 bits per heavy atom. The summed E-state index contributed by atoms with van der Waals surface area (Å²) in [5.41, 5.74) is 0.510. The summed E-state index contributed by atoms with van der Waals surface area (Å²) in [5.74, 6) is 0.438. The SMILES string of the molecule is CC(C)(C)OC(=O)N1CCCC2CC(N3C(=O)c4ccccc4C3=O)C2CC1. The van der Waals surface area contributed by atoms with Gasteiger partial charge in [-0.3, -0.25) is 14.5 Å². The number of carbonyl (C=O) groups excluding carboxylic acids is 3. The largest absolute Gasteiger partial charge is 0.444 e. The normalized spacial score (nSPS) is 27.5. The summed E-state index contributed by atoms with van der Waals surface area (Å²) in [7, 11) is 0. The highest BCUT2D eigenvalue weighted by atomic mass is 16.6. The van der Waals surface area contributed by atoms with E-state index in [0.717, 1.165) is 25.7 Å². The van der Waals surface area contributed by atoms with E-state index >= 15 is 0 Å². The molecule has 0 spiro atoms. The molecule has 3 unspecified atom stereocenters. The van der Waals surface area contributed by atoms with Crippen molar-refractivity contribution in [3.63, 3.8) is 0 Å². The molecular formula is C22H28N2O4. The fourth-order valence-corrected chi connectivity index (χ4v) is 4.81. The summed E-state index contributed by atoms with van der Waals surface area (Å²) in [6.45, 7) is 6.92. The fourth-order valence-electron chi connectivity index (χ4n) is 4.81. The summed E-state index contributed by atoms with van der Waals surface area (Å²) < 4.78 is 5.53. The Morgan fingerprint density at radius 2 is 1.68 bits per heavy atom. The lowest BCUT2D eigenvalue weighted by molar-refractivity contribution is -0.0123. The molecule has 4 rings (SSSR count). The van der Waals surface area contributed by atoms with Gasteiger partial charge >= 0.3 is 6.09 Å². The molecule has 6 heteroatoms. The van der Waals surface area contributed by atoms with Crippen LogP contribution in [0.4, 0.5) is 4.79 Å². The Labute approximate surface area is 165 Å². The molecule has 28 heavy (non-hydrogen) atoms. The van der Waals surface area contributed by atoms with Gasteiger partial charge in [-0.2, -0.15) is 0 Å². The Balaban J connectivity index is 1.45. The molecule has 2 fully saturated rings. The standard InChI is InChI=1S/C22H28N2O4/c1-22(2,3)28-21(27)23-11-6-7-14-13-18(15(14)10-12-23)24-19(25)16-8-4-5-9-17(16)20(24)26/h4-5,8-9,14-15,18H,6-7,10-13H2,1-3H3. The minimum atomic E-state index is -0.513. The van der Waals surface area contributed by atoms with Gasteiger partial charge in [-0.05, 0) is 70.4 Å². The number of fused-ring (bicyclic) bond motifs is 2. The predicted octanol–water partition coefficient (Wildman–Crippen LogP) is 3.71. The lowest BCUT2D eigenvalue weighted by atomic mass is 9.64. The van der Waals surface area contributed by atoms with Crippen LogP contribution in [0.1, 0.15) is 67.2 Å². The van der Waals surface area contributed by atoms with Gasteiger partial charge in [-0.1, -0.05) is 12.1 Å².